The highest BCUT2D eigenvalue weighted by atomic mass is 35.5. The monoisotopic (exact) mass is 287 g/mol. The summed E-state index contributed by atoms with van der Waals surface area (Å²) < 4.78 is 13.4. The molecule has 0 saturated carbocycles. The molecular weight excluding hydrogens is 273 g/mol. The van der Waals surface area contributed by atoms with E-state index < -0.39 is 23.1 Å². The molecule has 1 amide bonds. The zero-order valence-electron chi connectivity index (χ0n) is 10.9. The average Bonchev–Trinajstić information content (AvgIpc) is 2.30. The third-order valence-corrected chi connectivity index (χ3v) is 3.08. The van der Waals surface area contributed by atoms with E-state index in [0.717, 1.165) is 6.07 Å². The van der Waals surface area contributed by atoms with Gasteiger partial charge in [0, 0.05) is 6.54 Å². The Kier molecular flexibility index (Phi) is 4.52. The molecule has 2 N–H and O–H groups in total. The van der Waals surface area contributed by atoms with Crippen molar-refractivity contribution >= 4 is 23.5 Å². The van der Waals surface area contributed by atoms with Gasteiger partial charge in [-0.3, -0.25) is 9.59 Å². The van der Waals surface area contributed by atoms with E-state index in [1.165, 1.54) is 26.8 Å². The van der Waals surface area contributed by atoms with Gasteiger partial charge in [-0.15, -0.1) is 0 Å². The summed E-state index contributed by atoms with van der Waals surface area (Å²) >= 11 is 5.87. The maximum Gasteiger partial charge on any atom is 0.310 e. The minimum atomic E-state index is -1.11. The van der Waals surface area contributed by atoms with Crippen LogP contribution in [0.15, 0.2) is 12.1 Å². The Morgan fingerprint density at radius 2 is 2.00 bits per heavy atom. The smallest absolute Gasteiger partial charge is 0.310 e. The van der Waals surface area contributed by atoms with Crippen LogP contribution < -0.4 is 5.32 Å². The van der Waals surface area contributed by atoms with Crippen LogP contribution in [0.25, 0.3) is 0 Å². The number of carbonyl (C=O) groups is 2. The summed E-state index contributed by atoms with van der Waals surface area (Å²) in [7, 11) is 0. The second kappa shape index (κ2) is 5.57. The minimum Gasteiger partial charge on any atom is -0.481 e. The zero-order valence-corrected chi connectivity index (χ0v) is 11.6. The van der Waals surface area contributed by atoms with Crippen LogP contribution in [0.4, 0.5) is 4.39 Å². The van der Waals surface area contributed by atoms with Gasteiger partial charge < -0.3 is 10.4 Å². The lowest BCUT2D eigenvalue weighted by atomic mass is 9.94. The van der Waals surface area contributed by atoms with Crippen LogP contribution in [0, 0.1) is 18.2 Å². The second-order valence-corrected chi connectivity index (χ2v) is 5.36. The number of aliphatic carboxylic acids is 1. The van der Waals surface area contributed by atoms with E-state index in [1.807, 2.05) is 0 Å². The van der Waals surface area contributed by atoms with Gasteiger partial charge in [0.1, 0.15) is 5.82 Å². The molecule has 0 saturated heterocycles. The van der Waals surface area contributed by atoms with Gasteiger partial charge in [0.2, 0.25) is 0 Å². The molecule has 4 nitrogen and oxygen atoms in total. The van der Waals surface area contributed by atoms with Crippen LogP contribution in [0.1, 0.15) is 29.8 Å². The molecule has 0 radical (unpaired) electrons. The van der Waals surface area contributed by atoms with Crippen molar-refractivity contribution in [2.24, 2.45) is 5.41 Å². The van der Waals surface area contributed by atoms with Crippen molar-refractivity contribution in [3.05, 3.63) is 34.1 Å². The van der Waals surface area contributed by atoms with E-state index in [1.54, 1.807) is 0 Å². The number of carbonyl (C=O) groups excluding carboxylic acids is 1. The minimum absolute atomic E-state index is 0.00837. The van der Waals surface area contributed by atoms with E-state index in [4.69, 9.17) is 16.7 Å². The fourth-order valence-corrected chi connectivity index (χ4v) is 1.60. The molecule has 0 bridgehead atoms. The fourth-order valence-electron chi connectivity index (χ4n) is 1.29. The zero-order chi connectivity index (χ0) is 14.8. The Hall–Kier alpha value is -1.62. The van der Waals surface area contributed by atoms with Gasteiger partial charge in [0.15, 0.2) is 0 Å². The normalized spacial score (nSPS) is 11.2. The summed E-state index contributed by atoms with van der Waals surface area (Å²) in [6.07, 6.45) is 0. The number of carboxylic acid groups (broad SMARTS) is 1. The number of amides is 1. The third-order valence-electron chi connectivity index (χ3n) is 2.76. The maximum absolute atomic E-state index is 13.4. The SMILES string of the molecule is Cc1cc(Cl)c(C(=O)NCC(C)(C)C(=O)O)cc1F. The van der Waals surface area contributed by atoms with Crippen molar-refractivity contribution in [2.45, 2.75) is 20.8 Å². The van der Waals surface area contributed by atoms with Gasteiger partial charge in [-0.1, -0.05) is 11.6 Å². The van der Waals surface area contributed by atoms with E-state index in [0.29, 0.717) is 5.56 Å². The molecule has 0 fully saturated rings. The molecule has 0 aliphatic carbocycles. The predicted molar refractivity (Wildman–Crippen MR) is 69.9 cm³/mol. The summed E-state index contributed by atoms with van der Waals surface area (Å²) in [4.78, 5) is 22.7. The molecule has 0 spiro atoms. The number of rotatable bonds is 4. The Labute approximate surface area is 115 Å². The first kappa shape index (κ1) is 15.4. The third kappa shape index (κ3) is 3.67. The first-order chi connectivity index (χ1) is 8.65. The highest BCUT2D eigenvalue weighted by molar-refractivity contribution is 6.33. The molecule has 19 heavy (non-hydrogen) atoms. The molecule has 104 valence electrons. The largest absolute Gasteiger partial charge is 0.481 e. The fraction of sp³-hybridized carbons (Fsp3) is 0.385. The summed E-state index contributed by atoms with van der Waals surface area (Å²) in [5.74, 6) is -2.17. The van der Waals surface area contributed by atoms with Crippen molar-refractivity contribution in [2.75, 3.05) is 6.54 Å². The van der Waals surface area contributed by atoms with Crippen LogP contribution in [0.5, 0.6) is 0 Å². The predicted octanol–water partition coefficient (Wildman–Crippen LogP) is 2.63. The lowest BCUT2D eigenvalue weighted by molar-refractivity contribution is -0.146. The van der Waals surface area contributed by atoms with Gasteiger partial charge in [-0.2, -0.15) is 0 Å². The molecule has 1 aromatic rings. The van der Waals surface area contributed by atoms with Gasteiger partial charge >= 0.3 is 5.97 Å². The molecule has 1 rings (SSSR count). The number of benzene rings is 1. The second-order valence-electron chi connectivity index (χ2n) is 4.95. The molecule has 0 unspecified atom stereocenters. The first-order valence-corrected chi connectivity index (χ1v) is 6.00. The van der Waals surface area contributed by atoms with Crippen LogP contribution in [-0.2, 0) is 4.79 Å². The lowest BCUT2D eigenvalue weighted by Gasteiger charge is -2.19. The summed E-state index contributed by atoms with van der Waals surface area (Å²) in [5, 5.41) is 11.5. The standard InChI is InChI=1S/C13H15ClFNO3/c1-7-4-9(14)8(5-10(7)15)11(17)16-6-13(2,3)12(18)19/h4-5H,6H2,1-3H3,(H,16,17)(H,18,19). The Morgan fingerprint density at radius 1 is 1.42 bits per heavy atom. The molecule has 0 atom stereocenters. The highest BCUT2D eigenvalue weighted by Gasteiger charge is 2.28. The molecule has 0 aliphatic rings. The molecule has 6 heteroatoms. The van der Waals surface area contributed by atoms with Crippen molar-refractivity contribution < 1.29 is 19.1 Å². The number of halogens is 2. The van der Waals surface area contributed by atoms with Crippen molar-refractivity contribution in [1.82, 2.24) is 5.32 Å². The number of hydrogen-bond donors (Lipinski definition) is 2. The van der Waals surface area contributed by atoms with Crippen LogP contribution in [-0.4, -0.2) is 23.5 Å². The number of hydrogen-bond acceptors (Lipinski definition) is 2. The van der Waals surface area contributed by atoms with E-state index >= 15 is 0 Å². The summed E-state index contributed by atoms with van der Waals surface area (Å²) in [6, 6.07) is 2.40. The van der Waals surface area contributed by atoms with Crippen molar-refractivity contribution in [1.29, 1.82) is 0 Å². The maximum atomic E-state index is 13.4. The van der Waals surface area contributed by atoms with Crippen LogP contribution in [0.3, 0.4) is 0 Å². The van der Waals surface area contributed by atoms with Gasteiger partial charge in [0.05, 0.1) is 16.0 Å². The van der Waals surface area contributed by atoms with Gasteiger partial charge in [0.25, 0.3) is 5.91 Å². The number of aryl methyl sites for hydroxylation is 1. The van der Waals surface area contributed by atoms with Crippen LogP contribution in [0.2, 0.25) is 5.02 Å². The molecular formula is C13H15ClFNO3. The lowest BCUT2D eigenvalue weighted by Crippen LogP contribution is -2.39. The summed E-state index contributed by atoms with van der Waals surface area (Å²) in [6.45, 7) is 4.42. The van der Waals surface area contributed by atoms with Crippen LogP contribution >= 0.6 is 11.6 Å². The van der Waals surface area contributed by atoms with Crippen molar-refractivity contribution in [3.63, 3.8) is 0 Å². The highest BCUT2D eigenvalue weighted by Crippen LogP contribution is 2.21. The van der Waals surface area contributed by atoms with Crippen molar-refractivity contribution in [3.8, 4) is 0 Å². The molecule has 1 aromatic carbocycles. The van der Waals surface area contributed by atoms with E-state index in [2.05, 4.69) is 5.32 Å². The quantitative estimate of drug-likeness (QED) is 0.894. The van der Waals surface area contributed by atoms with Gasteiger partial charge in [-0.05, 0) is 38.5 Å². The van der Waals surface area contributed by atoms with E-state index in [-0.39, 0.29) is 17.1 Å². The average molecular weight is 288 g/mol. The number of carboxylic acids is 1. The summed E-state index contributed by atoms with van der Waals surface area (Å²) in [5.41, 5.74) is -0.774. The Balaban J connectivity index is 2.86. The van der Waals surface area contributed by atoms with Gasteiger partial charge in [-0.25, -0.2) is 4.39 Å². The van der Waals surface area contributed by atoms with E-state index in [9.17, 15) is 14.0 Å². The molecule has 0 heterocycles. The Morgan fingerprint density at radius 3 is 2.53 bits per heavy atom. The Bertz CT molecular complexity index is 529. The first-order valence-electron chi connectivity index (χ1n) is 5.62. The molecule has 0 aromatic heterocycles. The topological polar surface area (TPSA) is 66.4 Å². The number of nitrogens with one attached hydrogen (secondary N) is 1. The molecule has 0 aliphatic heterocycles.